The summed E-state index contributed by atoms with van der Waals surface area (Å²) in [6, 6.07) is 2.22. The average Bonchev–Trinajstić information content (AvgIpc) is 2.50. The summed E-state index contributed by atoms with van der Waals surface area (Å²) in [4.78, 5) is 12.6. The number of rotatable bonds is 2. The topological polar surface area (TPSA) is 17.1 Å². The van der Waals surface area contributed by atoms with Crippen molar-refractivity contribution in [2.24, 2.45) is 17.8 Å². The first-order chi connectivity index (χ1) is 10.1. The Morgan fingerprint density at radius 3 is 2.48 bits per heavy atom. The van der Waals surface area contributed by atoms with Crippen LogP contribution in [0.2, 0.25) is 0 Å². The molecule has 0 aromatic heterocycles. The smallest absolute Gasteiger partial charge is 0.168 e. The van der Waals surface area contributed by atoms with E-state index in [1.807, 2.05) is 0 Å². The summed E-state index contributed by atoms with van der Waals surface area (Å²) < 4.78 is 27.6. The fourth-order valence-corrected chi connectivity index (χ4v) is 4.17. The maximum absolute atomic E-state index is 14.0. The van der Waals surface area contributed by atoms with Crippen LogP contribution in [0.5, 0.6) is 0 Å². The van der Waals surface area contributed by atoms with Gasteiger partial charge in [0.2, 0.25) is 0 Å². The lowest BCUT2D eigenvalue weighted by Gasteiger charge is -2.38. The maximum Gasteiger partial charge on any atom is 0.168 e. The van der Waals surface area contributed by atoms with Crippen LogP contribution in [0.15, 0.2) is 12.1 Å². The molecule has 21 heavy (non-hydrogen) atoms. The van der Waals surface area contributed by atoms with Gasteiger partial charge in [-0.15, -0.1) is 0 Å². The highest BCUT2D eigenvalue weighted by Gasteiger charge is 2.36. The van der Waals surface area contributed by atoms with Crippen LogP contribution in [0.3, 0.4) is 0 Å². The molecule has 0 heterocycles. The van der Waals surface area contributed by atoms with Crippen molar-refractivity contribution in [1.29, 1.82) is 0 Å². The molecule has 2 fully saturated rings. The van der Waals surface area contributed by atoms with Crippen molar-refractivity contribution in [3.8, 4) is 0 Å². The molecule has 2 aliphatic rings. The van der Waals surface area contributed by atoms with Crippen molar-refractivity contribution in [1.82, 2.24) is 0 Å². The fraction of sp³-hybridized carbons (Fsp3) is 0.611. The van der Waals surface area contributed by atoms with Crippen molar-refractivity contribution in [2.45, 2.75) is 51.9 Å². The Morgan fingerprint density at radius 2 is 1.71 bits per heavy atom. The van der Waals surface area contributed by atoms with E-state index in [1.165, 1.54) is 32.6 Å². The first kappa shape index (κ1) is 14.7. The number of fused-ring (bicyclic) bond motifs is 1. The fourth-order valence-electron chi connectivity index (χ4n) is 4.17. The van der Waals surface area contributed by atoms with Crippen molar-refractivity contribution >= 4 is 5.78 Å². The van der Waals surface area contributed by atoms with Crippen LogP contribution in [-0.4, -0.2) is 5.78 Å². The molecule has 0 N–H and O–H groups in total. The summed E-state index contributed by atoms with van der Waals surface area (Å²) >= 11 is 0. The van der Waals surface area contributed by atoms with E-state index in [0.717, 1.165) is 37.3 Å². The minimum absolute atomic E-state index is 0.0580. The Kier molecular flexibility index (Phi) is 4.10. The quantitative estimate of drug-likeness (QED) is 0.696. The van der Waals surface area contributed by atoms with Gasteiger partial charge in [-0.1, -0.05) is 25.7 Å². The Hall–Kier alpha value is -1.25. The molecule has 0 spiro atoms. The molecule has 3 unspecified atom stereocenters. The molecule has 1 aromatic carbocycles. The molecule has 2 saturated carbocycles. The van der Waals surface area contributed by atoms with Crippen LogP contribution < -0.4 is 0 Å². The number of hydrogen-bond acceptors (Lipinski definition) is 1. The van der Waals surface area contributed by atoms with Gasteiger partial charge in [0.05, 0.1) is 5.56 Å². The van der Waals surface area contributed by atoms with E-state index in [9.17, 15) is 13.6 Å². The molecule has 0 aliphatic heterocycles. The lowest BCUT2D eigenvalue weighted by atomic mass is 9.66. The van der Waals surface area contributed by atoms with Crippen LogP contribution in [0.1, 0.15) is 60.9 Å². The van der Waals surface area contributed by atoms with Gasteiger partial charge in [-0.3, -0.25) is 4.79 Å². The summed E-state index contributed by atoms with van der Waals surface area (Å²) in [5, 5.41) is 0. The van der Waals surface area contributed by atoms with E-state index < -0.39 is 11.6 Å². The molecule has 1 aromatic rings. The molecule has 3 atom stereocenters. The summed E-state index contributed by atoms with van der Waals surface area (Å²) in [5.41, 5.74) is 0.192. The van der Waals surface area contributed by atoms with Crippen LogP contribution in [0.25, 0.3) is 0 Å². The molecule has 3 heteroatoms. The summed E-state index contributed by atoms with van der Waals surface area (Å²) in [5.74, 6) is -0.0330. The molecule has 2 aliphatic carbocycles. The number of aryl methyl sites for hydroxylation is 1. The van der Waals surface area contributed by atoms with Crippen LogP contribution >= 0.6 is 0 Å². The van der Waals surface area contributed by atoms with E-state index in [2.05, 4.69) is 0 Å². The summed E-state index contributed by atoms with van der Waals surface area (Å²) in [7, 11) is 0. The second-order valence-electron chi connectivity index (χ2n) is 6.76. The zero-order valence-corrected chi connectivity index (χ0v) is 12.5. The molecule has 0 amide bonds. The Morgan fingerprint density at radius 1 is 1.00 bits per heavy atom. The monoisotopic (exact) mass is 292 g/mol. The number of benzene rings is 1. The third-order valence-corrected chi connectivity index (χ3v) is 5.42. The zero-order valence-electron chi connectivity index (χ0n) is 12.5. The van der Waals surface area contributed by atoms with Crippen molar-refractivity contribution in [2.75, 3.05) is 0 Å². The van der Waals surface area contributed by atoms with Gasteiger partial charge in [0.15, 0.2) is 5.78 Å². The molecule has 0 bridgehead atoms. The third kappa shape index (κ3) is 2.88. The second-order valence-corrected chi connectivity index (χ2v) is 6.76. The van der Waals surface area contributed by atoms with E-state index in [1.54, 1.807) is 0 Å². The predicted octanol–water partition coefficient (Wildman–Crippen LogP) is 5.06. The van der Waals surface area contributed by atoms with Crippen molar-refractivity contribution in [3.05, 3.63) is 34.9 Å². The van der Waals surface area contributed by atoms with Crippen LogP contribution in [0.4, 0.5) is 8.78 Å². The zero-order chi connectivity index (χ0) is 15.0. The highest BCUT2D eigenvalue weighted by atomic mass is 19.1. The predicted molar refractivity (Wildman–Crippen MR) is 78.2 cm³/mol. The summed E-state index contributed by atoms with van der Waals surface area (Å²) in [6.07, 6.45) is 7.77. The first-order valence-electron chi connectivity index (χ1n) is 8.06. The lowest BCUT2D eigenvalue weighted by Crippen LogP contribution is -2.31. The molecular formula is C18H22F2O. The number of carbonyl (C=O) groups is 1. The largest absolute Gasteiger partial charge is 0.294 e. The van der Waals surface area contributed by atoms with Gasteiger partial charge in [0.1, 0.15) is 11.6 Å². The Labute approximate surface area is 124 Å². The molecule has 3 rings (SSSR count). The normalized spacial score (nSPS) is 29.0. The Bertz CT molecular complexity index is 552. The molecular weight excluding hydrogens is 270 g/mol. The first-order valence-corrected chi connectivity index (χ1v) is 8.06. The van der Waals surface area contributed by atoms with Gasteiger partial charge in [0, 0.05) is 5.92 Å². The van der Waals surface area contributed by atoms with Crippen molar-refractivity contribution < 1.29 is 13.6 Å². The minimum Gasteiger partial charge on any atom is -0.294 e. The standard InChI is InChI=1S/C18H22F2O/c1-11-8-17(20)15(10-16(11)19)18(21)14-7-6-12-4-2-3-5-13(12)9-14/h8,10,12-14H,2-7,9H2,1H3. The third-order valence-electron chi connectivity index (χ3n) is 5.42. The maximum atomic E-state index is 14.0. The molecule has 0 radical (unpaired) electrons. The van der Waals surface area contributed by atoms with Gasteiger partial charge in [0.25, 0.3) is 0 Å². The van der Waals surface area contributed by atoms with Crippen molar-refractivity contribution in [3.63, 3.8) is 0 Å². The van der Waals surface area contributed by atoms with E-state index >= 15 is 0 Å². The Balaban J connectivity index is 1.78. The van der Waals surface area contributed by atoms with Gasteiger partial charge < -0.3 is 0 Å². The number of hydrogen-bond donors (Lipinski definition) is 0. The molecule has 1 nitrogen and oxygen atoms in total. The second kappa shape index (κ2) is 5.86. The highest BCUT2D eigenvalue weighted by molar-refractivity contribution is 5.98. The van der Waals surface area contributed by atoms with Gasteiger partial charge in [-0.05, 0) is 55.7 Å². The molecule has 0 saturated heterocycles. The van der Waals surface area contributed by atoms with E-state index in [4.69, 9.17) is 0 Å². The molecule has 114 valence electrons. The lowest BCUT2D eigenvalue weighted by molar-refractivity contribution is 0.0759. The van der Waals surface area contributed by atoms with Gasteiger partial charge >= 0.3 is 0 Å². The van der Waals surface area contributed by atoms with Crippen LogP contribution in [0, 0.1) is 36.3 Å². The number of Topliss-reactive ketones (excluding diaryl/α,β-unsaturated/α-hetero) is 1. The van der Waals surface area contributed by atoms with E-state index in [-0.39, 0.29) is 22.8 Å². The van der Waals surface area contributed by atoms with E-state index in [0.29, 0.717) is 5.92 Å². The number of ketones is 1. The number of carbonyl (C=O) groups excluding carboxylic acids is 1. The highest BCUT2D eigenvalue weighted by Crippen LogP contribution is 2.43. The van der Waals surface area contributed by atoms with Crippen LogP contribution in [-0.2, 0) is 0 Å². The minimum atomic E-state index is -0.579. The van der Waals surface area contributed by atoms with Gasteiger partial charge in [-0.25, -0.2) is 8.78 Å². The average molecular weight is 292 g/mol. The number of halogens is 2. The SMILES string of the molecule is Cc1cc(F)c(C(=O)C2CCC3CCCCC3C2)cc1F. The van der Waals surface area contributed by atoms with Gasteiger partial charge in [-0.2, -0.15) is 0 Å². The summed E-state index contributed by atoms with van der Waals surface area (Å²) in [6.45, 7) is 1.51.